The monoisotopic (exact) mass is 490 g/mol. The molecule has 1 amide bonds. The molecular weight excluding hydrogens is 475 g/mol. The number of carbonyl (C=O) groups is 1. The summed E-state index contributed by atoms with van der Waals surface area (Å²) in [6.07, 6.45) is 1.68. The van der Waals surface area contributed by atoms with Gasteiger partial charge in [-0.05, 0) is 48.7 Å². The van der Waals surface area contributed by atoms with Crippen LogP contribution in [-0.2, 0) is 16.6 Å². The molecule has 5 nitrogen and oxygen atoms in total. The average Bonchev–Trinajstić information content (AvgIpc) is 3.16. The highest BCUT2D eigenvalue weighted by molar-refractivity contribution is 9.10. The molecule has 0 radical (unpaired) electrons. The van der Waals surface area contributed by atoms with E-state index in [-0.39, 0.29) is 22.0 Å². The minimum absolute atomic E-state index is 0.0700. The molecule has 1 aliphatic heterocycles. The van der Waals surface area contributed by atoms with Crippen LogP contribution in [0.3, 0.4) is 0 Å². The van der Waals surface area contributed by atoms with E-state index in [4.69, 9.17) is 23.2 Å². The molecule has 1 N–H and O–H groups in total. The Morgan fingerprint density at radius 1 is 1.07 bits per heavy atom. The summed E-state index contributed by atoms with van der Waals surface area (Å²) in [6, 6.07) is 9.55. The molecule has 1 aliphatic rings. The molecule has 9 heteroatoms. The smallest absolute Gasteiger partial charge is 0.253 e. The van der Waals surface area contributed by atoms with Crippen LogP contribution in [0, 0.1) is 0 Å². The molecule has 0 atom stereocenters. The number of carbonyl (C=O) groups excluding carboxylic acids is 1. The summed E-state index contributed by atoms with van der Waals surface area (Å²) in [7, 11) is -3.62. The maximum Gasteiger partial charge on any atom is 0.253 e. The third-order valence-electron chi connectivity index (χ3n) is 4.34. The second-order valence-corrected chi connectivity index (χ2v) is 9.84. The average molecular weight is 492 g/mol. The minimum Gasteiger partial charge on any atom is -0.348 e. The van der Waals surface area contributed by atoms with Crippen LogP contribution in [0.25, 0.3) is 0 Å². The van der Waals surface area contributed by atoms with Gasteiger partial charge < -0.3 is 5.32 Å². The van der Waals surface area contributed by atoms with Gasteiger partial charge in [0, 0.05) is 29.1 Å². The number of nitrogens with zero attached hydrogens (tertiary/aromatic N) is 1. The molecule has 0 spiro atoms. The summed E-state index contributed by atoms with van der Waals surface area (Å²) in [5.74, 6) is -0.461. The zero-order valence-electron chi connectivity index (χ0n) is 14.2. The van der Waals surface area contributed by atoms with Crippen LogP contribution in [-0.4, -0.2) is 31.7 Å². The topological polar surface area (TPSA) is 66.5 Å². The van der Waals surface area contributed by atoms with Gasteiger partial charge in [0.15, 0.2) is 0 Å². The van der Waals surface area contributed by atoms with E-state index in [2.05, 4.69) is 21.2 Å². The lowest BCUT2D eigenvalue weighted by Gasteiger charge is -2.16. The molecule has 1 saturated heterocycles. The maximum absolute atomic E-state index is 12.7. The number of amides is 1. The fourth-order valence-corrected chi connectivity index (χ4v) is 5.34. The summed E-state index contributed by atoms with van der Waals surface area (Å²) in [5, 5.41) is 3.44. The van der Waals surface area contributed by atoms with Crippen molar-refractivity contribution in [3.63, 3.8) is 0 Å². The highest BCUT2D eigenvalue weighted by Crippen LogP contribution is 2.26. The number of sulfonamides is 1. The first kappa shape index (κ1) is 20.6. The molecule has 0 unspecified atom stereocenters. The molecule has 0 aliphatic carbocycles. The molecule has 2 aromatic rings. The van der Waals surface area contributed by atoms with Crippen molar-refractivity contribution in [2.75, 3.05) is 13.1 Å². The third kappa shape index (κ3) is 4.66. The van der Waals surface area contributed by atoms with E-state index in [1.807, 2.05) is 6.07 Å². The van der Waals surface area contributed by atoms with E-state index in [9.17, 15) is 13.2 Å². The highest BCUT2D eigenvalue weighted by Gasteiger charge is 2.28. The van der Waals surface area contributed by atoms with Crippen LogP contribution in [0.1, 0.15) is 28.8 Å². The molecule has 144 valence electrons. The van der Waals surface area contributed by atoms with Gasteiger partial charge in [0.2, 0.25) is 10.0 Å². The Morgan fingerprint density at radius 3 is 2.44 bits per heavy atom. The van der Waals surface area contributed by atoms with Crippen LogP contribution >= 0.6 is 39.1 Å². The summed E-state index contributed by atoms with van der Waals surface area (Å²) in [4.78, 5) is 12.6. The lowest BCUT2D eigenvalue weighted by atomic mass is 10.2. The number of hydrogen-bond acceptors (Lipinski definition) is 3. The van der Waals surface area contributed by atoms with E-state index in [1.54, 1.807) is 12.1 Å². The van der Waals surface area contributed by atoms with Gasteiger partial charge in [-0.15, -0.1) is 0 Å². The molecule has 2 aromatic carbocycles. The van der Waals surface area contributed by atoms with Gasteiger partial charge in [-0.1, -0.05) is 45.2 Å². The molecule has 0 bridgehead atoms. The number of benzene rings is 2. The van der Waals surface area contributed by atoms with Crippen molar-refractivity contribution in [1.29, 1.82) is 0 Å². The predicted octanol–water partition coefficient (Wildman–Crippen LogP) is 4.47. The van der Waals surface area contributed by atoms with E-state index >= 15 is 0 Å². The van der Waals surface area contributed by atoms with Crippen molar-refractivity contribution >= 4 is 55.1 Å². The van der Waals surface area contributed by atoms with E-state index in [0.717, 1.165) is 22.9 Å². The standard InChI is InChI=1S/C18H17BrCl2N2O3S/c19-13-4-3-12(17(21)9-13)11-22-18(24)15-10-14(5-6-16(15)20)27(25,26)23-7-1-2-8-23/h3-6,9-10H,1-2,7-8,11H2,(H,22,24). The lowest BCUT2D eigenvalue weighted by molar-refractivity contribution is 0.0951. The maximum atomic E-state index is 12.7. The van der Waals surface area contributed by atoms with Gasteiger partial charge in [0.05, 0.1) is 15.5 Å². The van der Waals surface area contributed by atoms with Crippen molar-refractivity contribution in [2.45, 2.75) is 24.3 Å². The molecule has 1 fully saturated rings. The SMILES string of the molecule is O=C(NCc1ccc(Br)cc1Cl)c1cc(S(=O)(=O)N2CCCC2)ccc1Cl. The van der Waals surface area contributed by atoms with E-state index in [0.29, 0.717) is 18.1 Å². The van der Waals surface area contributed by atoms with Gasteiger partial charge in [0.1, 0.15) is 0 Å². The largest absolute Gasteiger partial charge is 0.348 e. The van der Waals surface area contributed by atoms with Crippen LogP contribution in [0.15, 0.2) is 45.8 Å². The zero-order valence-corrected chi connectivity index (χ0v) is 18.1. The van der Waals surface area contributed by atoms with Gasteiger partial charge in [-0.3, -0.25) is 4.79 Å². The number of halogens is 3. The van der Waals surface area contributed by atoms with Crippen LogP contribution < -0.4 is 5.32 Å². The van der Waals surface area contributed by atoms with Crippen molar-refractivity contribution in [3.8, 4) is 0 Å². The molecular formula is C18H17BrCl2N2O3S. The van der Waals surface area contributed by atoms with Crippen LogP contribution in [0.4, 0.5) is 0 Å². The summed E-state index contributed by atoms with van der Waals surface area (Å²) < 4.78 is 27.7. The first-order chi connectivity index (χ1) is 12.8. The summed E-state index contributed by atoms with van der Waals surface area (Å²) in [6.45, 7) is 1.19. The number of rotatable bonds is 5. The van der Waals surface area contributed by atoms with Crippen molar-refractivity contribution in [2.24, 2.45) is 0 Å². The first-order valence-corrected chi connectivity index (χ1v) is 11.3. The zero-order chi connectivity index (χ0) is 19.6. The predicted molar refractivity (Wildman–Crippen MR) is 110 cm³/mol. The Hall–Kier alpha value is -1.12. The van der Waals surface area contributed by atoms with Crippen molar-refractivity contribution in [3.05, 3.63) is 62.0 Å². The highest BCUT2D eigenvalue weighted by atomic mass is 79.9. The van der Waals surface area contributed by atoms with Crippen LogP contribution in [0.2, 0.25) is 10.0 Å². The fraction of sp³-hybridized carbons (Fsp3) is 0.278. The van der Waals surface area contributed by atoms with Gasteiger partial charge in [-0.25, -0.2) is 8.42 Å². The number of hydrogen-bond donors (Lipinski definition) is 1. The molecule has 3 rings (SSSR count). The summed E-state index contributed by atoms with van der Waals surface area (Å²) in [5.41, 5.74) is 0.857. The summed E-state index contributed by atoms with van der Waals surface area (Å²) >= 11 is 15.6. The Morgan fingerprint density at radius 2 is 1.78 bits per heavy atom. The quantitative estimate of drug-likeness (QED) is 0.670. The van der Waals surface area contributed by atoms with Gasteiger partial charge in [0.25, 0.3) is 5.91 Å². The first-order valence-electron chi connectivity index (χ1n) is 8.31. The Bertz CT molecular complexity index is 977. The molecule has 0 saturated carbocycles. The Kier molecular flexibility index (Phi) is 6.48. The lowest BCUT2D eigenvalue weighted by Crippen LogP contribution is -2.28. The number of nitrogens with one attached hydrogen (secondary N) is 1. The van der Waals surface area contributed by atoms with Crippen molar-refractivity contribution in [1.82, 2.24) is 9.62 Å². The fourth-order valence-electron chi connectivity index (χ4n) is 2.85. The normalized spacial score (nSPS) is 15.1. The second-order valence-electron chi connectivity index (χ2n) is 6.17. The third-order valence-corrected chi connectivity index (χ3v) is 7.41. The van der Waals surface area contributed by atoms with Gasteiger partial charge in [-0.2, -0.15) is 4.31 Å². The van der Waals surface area contributed by atoms with E-state index < -0.39 is 15.9 Å². The second kappa shape index (κ2) is 8.49. The molecule has 0 aromatic heterocycles. The van der Waals surface area contributed by atoms with E-state index in [1.165, 1.54) is 22.5 Å². The molecule has 1 heterocycles. The minimum atomic E-state index is -3.62. The van der Waals surface area contributed by atoms with Crippen molar-refractivity contribution < 1.29 is 13.2 Å². The van der Waals surface area contributed by atoms with Crippen LogP contribution in [0.5, 0.6) is 0 Å². The van der Waals surface area contributed by atoms with Gasteiger partial charge >= 0.3 is 0 Å². The Balaban J connectivity index is 1.80. The molecule has 27 heavy (non-hydrogen) atoms. The Labute approximate surface area is 176 Å².